The summed E-state index contributed by atoms with van der Waals surface area (Å²) in [6, 6.07) is 11.5. The van der Waals surface area contributed by atoms with Crippen LogP contribution in [0.15, 0.2) is 47.4 Å². The van der Waals surface area contributed by atoms with E-state index in [0.29, 0.717) is 48.0 Å². The van der Waals surface area contributed by atoms with Crippen molar-refractivity contribution in [2.24, 2.45) is 0 Å². The van der Waals surface area contributed by atoms with E-state index in [4.69, 9.17) is 11.6 Å². The van der Waals surface area contributed by atoms with Crippen molar-refractivity contribution in [3.63, 3.8) is 0 Å². The van der Waals surface area contributed by atoms with E-state index in [1.807, 2.05) is 7.05 Å². The van der Waals surface area contributed by atoms with Gasteiger partial charge in [0.2, 0.25) is 10.0 Å². The third-order valence-electron chi connectivity index (χ3n) is 4.64. The van der Waals surface area contributed by atoms with E-state index in [0.717, 1.165) is 0 Å². The smallest absolute Gasteiger partial charge is 0.255 e. The number of carbonyl (C=O) groups excluding carboxylic acids is 1. The standard InChI is InChI=1S/C19H22ClN3O3S/c1-14-6-7-17(27(25,26)23-10-8-22(2)9-11-23)13-18(14)19(24)21-16-5-3-4-15(20)12-16/h3-7,12-13H,8-11H2,1-2H3,(H,21,24). The number of rotatable bonds is 4. The summed E-state index contributed by atoms with van der Waals surface area (Å²) in [4.78, 5) is 14.9. The first-order chi connectivity index (χ1) is 12.8. The highest BCUT2D eigenvalue weighted by molar-refractivity contribution is 7.89. The Kier molecular flexibility index (Phi) is 5.86. The first-order valence-corrected chi connectivity index (χ1v) is 10.5. The minimum Gasteiger partial charge on any atom is -0.322 e. The first-order valence-electron chi connectivity index (χ1n) is 8.63. The van der Waals surface area contributed by atoms with Crippen LogP contribution in [0.5, 0.6) is 0 Å². The predicted octanol–water partition coefficient (Wildman–Crippen LogP) is 2.84. The highest BCUT2D eigenvalue weighted by atomic mass is 35.5. The second kappa shape index (κ2) is 7.98. The van der Waals surface area contributed by atoms with E-state index in [9.17, 15) is 13.2 Å². The molecule has 8 heteroatoms. The van der Waals surface area contributed by atoms with Crippen LogP contribution in [0.25, 0.3) is 0 Å². The van der Waals surface area contributed by atoms with E-state index in [-0.39, 0.29) is 10.8 Å². The van der Waals surface area contributed by atoms with Crippen molar-refractivity contribution in [1.82, 2.24) is 9.21 Å². The summed E-state index contributed by atoms with van der Waals surface area (Å²) in [5.41, 5.74) is 1.58. The zero-order valence-corrected chi connectivity index (χ0v) is 16.8. The number of amides is 1. The van der Waals surface area contributed by atoms with Crippen molar-refractivity contribution in [2.75, 3.05) is 38.5 Å². The molecule has 0 spiro atoms. The number of sulfonamides is 1. The molecule has 0 atom stereocenters. The number of hydrogen-bond donors (Lipinski definition) is 1. The van der Waals surface area contributed by atoms with Gasteiger partial charge in [0.05, 0.1) is 4.90 Å². The molecular formula is C19H22ClN3O3S. The minimum absolute atomic E-state index is 0.133. The Bertz CT molecular complexity index is 954. The average molecular weight is 408 g/mol. The van der Waals surface area contributed by atoms with Gasteiger partial charge in [0.25, 0.3) is 5.91 Å². The third-order valence-corrected chi connectivity index (χ3v) is 6.77. The minimum atomic E-state index is -3.63. The monoisotopic (exact) mass is 407 g/mol. The number of carbonyl (C=O) groups is 1. The van der Waals surface area contributed by atoms with Gasteiger partial charge in [-0.15, -0.1) is 0 Å². The summed E-state index contributed by atoms with van der Waals surface area (Å²) in [6.45, 7) is 4.03. The lowest BCUT2D eigenvalue weighted by molar-refractivity contribution is 0.102. The zero-order valence-electron chi connectivity index (χ0n) is 15.3. The second-order valence-corrected chi connectivity index (χ2v) is 9.02. The molecule has 27 heavy (non-hydrogen) atoms. The number of piperazine rings is 1. The lowest BCUT2D eigenvalue weighted by atomic mass is 10.1. The molecule has 1 N–H and O–H groups in total. The van der Waals surface area contributed by atoms with Crippen LogP contribution in [-0.4, -0.2) is 56.8 Å². The lowest BCUT2D eigenvalue weighted by Crippen LogP contribution is -2.47. The molecule has 0 bridgehead atoms. The largest absolute Gasteiger partial charge is 0.322 e. The van der Waals surface area contributed by atoms with E-state index in [1.54, 1.807) is 43.3 Å². The summed E-state index contributed by atoms with van der Waals surface area (Å²) in [5, 5.41) is 3.28. The van der Waals surface area contributed by atoms with Crippen LogP contribution < -0.4 is 5.32 Å². The predicted molar refractivity (Wildman–Crippen MR) is 107 cm³/mol. The van der Waals surface area contributed by atoms with Gasteiger partial charge in [-0.3, -0.25) is 4.79 Å². The van der Waals surface area contributed by atoms with Crippen LogP contribution in [0.2, 0.25) is 5.02 Å². The Balaban J connectivity index is 1.86. The van der Waals surface area contributed by atoms with E-state index >= 15 is 0 Å². The fourth-order valence-corrected chi connectivity index (χ4v) is 4.59. The highest BCUT2D eigenvalue weighted by Crippen LogP contribution is 2.22. The Morgan fingerprint density at radius 2 is 1.78 bits per heavy atom. The maximum absolute atomic E-state index is 12.9. The van der Waals surface area contributed by atoms with Crippen molar-refractivity contribution in [3.05, 3.63) is 58.6 Å². The van der Waals surface area contributed by atoms with Gasteiger partial charge in [-0.05, 0) is 49.9 Å². The molecule has 6 nitrogen and oxygen atoms in total. The van der Waals surface area contributed by atoms with Crippen molar-refractivity contribution in [1.29, 1.82) is 0 Å². The number of halogens is 1. The van der Waals surface area contributed by atoms with Gasteiger partial charge >= 0.3 is 0 Å². The number of likely N-dealkylation sites (N-methyl/N-ethyl adjacent to an activating group) is 1. The van der Waals surface area contributed by atoms with Gasteiger partial charge in [0, 0.05) is 42.5 Å². The Labute approximate surface area is 164 Å². The third kappa shape index (κ3) is 4.50. The van der Waals surface area contributed by atoms with Crippen LogP contribution in [0.3, 0.4) is 0 Å². The number of nitrogens with zero attached hydrogens (tertiary/aromatic N) is 2. The van der Waals surface area contributed by atoms with Gasteiger partial charge in [-0.25, -0.2) is 8.42 Å². The summed E-state index contributed by atoms with van der Waals surface area (Å²) >= 11 is 5.95. The van der Waals surface area contributed by atoms with Crippen LogP contribution in [0.4, 0.5) is 5.69 Å². The second-order valence-electron chi connectivity index (χ2n) is 6.65. The van der Waals surface area contributed by atoms with Gasteiger partial charge in [-0.2, -0.15) is 4.31 Å². The van der Waals surface area contributed by atoms with Gasteiger partial charge in [-0.1, -0.05) is 23.7 Å². The van der Waals surface area contributed by atoms with Crippen molar-refractivity contribution in [3.8, 4) is 0 Å². The average Bonchev–Trinajstić information content (AvgIpc) is 2.62. The number of anilines is 1. The van der Waals surface area contributed by atoms with Crippen molar-refractivity contribution >= 4 is 33.2 Å². The van der Waals surface area contributed by atoms with Gasteiger partial charge in [0.1, 0.15) is 0 Å². The molecule has 1 amide bonds. The molecule has 0 unspecified atom stereocenters. The number of benzene rings is 2. The molecule has 0 aromatic heterocycles. The molecular weight excluding hydrogens is 386 g/mol. The Hall–Kier alpha value is -1.93. The maximum atomic E-state index is 12.9. The Morgan fingerprint density at radius 1 is 1.07 bits per heavy atom. The zero-order chi connectivity index (χ0) is 19.6. The normalized spacial score (nSPS) is 16.3. The topological polar surface area (TPSA) is 69.7 Å². The summed E-state index contributed by atoms with van der Waals surface area (Å²) in [5.74, 6) is -0.370. The first kappa shape index (κ1) is 19.8. The summed E-state index contributed by atoms with van der Waals surface area (Å²) < 4.78 is 27.4. The molecule has 1 heterocycles. The van der Waals surface area contributed by atoms with Crippen LogP contribution in [0.1, 0.15) is 15.9 Å². The molecule has 2 aromatic rings. The van der Waals surface area contributed by atoms with E-state index < -0.39 is 10.0 Å². The van der Waals surface area contributed by atoms with Crippen molar-refractivity contribution in [2.45, 2.75) is 11.8 Å². The summed E-state index contributed by atoms with van der Waals surface area (Å²) in [6.07, 6.45) is 0. The molecule has 1 fully saturated rings. The Morgan fingerprint density at radius 3 is 2.44 bits per heavy atom. The maximum Gasteiger partial charge on any atom is 0.255 e. The molecule has 1 saturated heterocycles. The van der Waals surface area contributed by atoms with Gasteiger partial charge in [0.15, 0.2) is 0 Å². The van der Waals surface area contributed by atoms with Gasteiger partial charge < -0.3 is 10.2 Å². The number of nitrogens with one attached hydrogen (secondary N) is 1. The quantitative estimate of drug-likeness (QED) is 0.846. The SMILES string of the molecule is Cc1ccc(S(=O)(=O)N2CCN(C)CC2)cc1C(=O)Nc1cccc(Cl)c1. The molecule has 1 aliphatic rings. The molecule has 1 aliphatic heterocycles. The fraction of sp³-hybridized carbons (Fsp3) is 0.316. The number of hydrogen-bond acceptors (Lipinski definition) is 4. The lowest BCUT2D eigenvalue weighted by Gasteiger charge is -2.31. The molecule has 0 aliphatic carbocycles. The van der Waals surface area contributed by atoms with Crippen LogP contribution >= 0.6 is 11.6 Å². The summed E-state index contributed by atoms with van der Waals surface area (Å²) in [7, 11) is -1.67. The van der Waals surface area contributed by atoms with E-state index in [2.05, 4.69) is 10.2 Å². The van der Waals surface area contributed by atoms with Crippen LogP contribution in [-0.2, 0) is 10.0 Å². The number of aryl methyl sites for hydroxylation is 1. The van der Waals surface area contributed by atoms with Crippen LogP contribution in [0, 0.1) is 6.92 Å². The highest BCUT2D eigenvalue weighted by Gasteiger charge is 2.28. The molecule has 0 saturated carbocycles. The molecule has 144 valence electrons. The fourth-order valence-electron chi connectivity index (χ4n) is 2.95. The van der Waals surface area contributed by atoms with Crippen molar-refractivity contribution < 1.29 is 13.2 Å². The molecule has 2 aromatic carbocycles. The molecule has 3 rings (SSSR count). The van der Waals surface area contributed by atoms with E-state index in [1.165, 1.54) is 10.4 Å². The molecule has 0 radical (unpaired) electrons.